The topological polar surface area (TPSA) is 87.7 Å². The highest BCUT2D eigenvalue weighted by Crippen LogP contribution is 2.35. The van der Waals surface area contributed by atoms with Crippen molar-refractivity contribution in [2.24, 2.45) is 5.92 Å². The van der Waals surface area contributed by atoms with E-state index in [1.807, 2.05) is 80.6 Å². The summed E-state index contributed by atoms with van der Waals surface area (Å²) in [6, 6.07) is 19.3. The standard InChI is InChI=1S/C34H41N3O4/c1-7-23-12-10-15-26(20-23)30(31(38)35-27-19-18-24-13-8-9-14-25(24)21-27)37(28-16-11-17-28)32(39)29(22(2)3)36-33(40)41-34(4,5)6/h7-10,12-15,18-22,28-30H,1,11,16-17H2,2-6H3,(H,35,38)(H,36,40). The number of rotatable bonds is 9. The number of hydrogen-bond acceptors (Lipinski definition) is 4. The van der Waals surface area contributed by atoms with E-state index in [0.29, 0.717) is 11.3 Å². The SMILES string of the molecule is C=Cc1cccc(C(C(=O)Nc2ccc3ccccc3c2)N(C(=O)C(NC(=O)OC(C)(C)C)C(C)C)C2CCC2)c1. The molecule has 0 radical (unpaired) electrons. The van der Waals surface area contributed by atoms with Crippen molar-refractivity contribution in [3.05, 3.63) is 84.4 Å². The van der Waals surface area contributed by atoms with Gasteiger partial charge in [0.1, 0.15) is 17.7 Å². The summed E-state index contributed by atoms with van der Waals surface area (Å²) in [4.78, 5) is 43.0. The van der Waals surface area contributed by atoms with E-state index in [1.165, 1.54) is 0 Å². The van der Waals surface area contributed by atoms with Gasteiger partial charge in [0, 0.05) is 11.7 Å². The highest BCUT2D eigenvalue weighted by molar-refractivity contribution is 6.00. The maximum atomic E-state index is 14.4. The molecule has 2 unspecified atom stereocenters. The summed E-state index contributed by atoms with van der Waals surface area (Å²) in [6.45, 7) is 13.0. The average Bonchev–Trinajstić information content (AvgIpc) is 2.89. The molecule has 2 N–H and O–H groups in total. The summed E-state index contributed by atoms with van der Waals surface area (Å²) in [5.41, 5.74) is 1.46. The normalized spacial score (nSPS) is 15.0. The molecule has 3 aromatic carbocycles. The first kappa shape index (κ1) is 29.8. The summed E-state index contributed by atoms with van der Waals surface area (Å²) in [6.07, 6.45) is 3.59. The van der Waals surface area contributed by atoms with Crippen LogP contribution in [0, 0.1) is 5.92 Å². The lowest BCUT2D eigenvalue weighted by Crippen LogP contribution is -2.58. The van der Waals surface area contributed by atoms with Gasteiger partial charge < -0.3 is 20.3 Å². The third-order valence-corrected chi connectivity index (χ3v) is 7.33. The second kappa shape index (κ2) is 12.6. The van der Waals surface area contributed by atoms with Crippen LogP contribution in [-0.4, -0.2) is 40.5 Å². The molecule has 1 aliphatic carbocycles. The number of carbonyl (C=O) groups is 3. The van der Waals surface area contributed by atoms with E-state index in [0.717, 1.165) is 35.6 Å². The maximum Gasteiger partial charge on any atom is 0.408 e. The Labute approximate surface area is 243 Å². The van der Waals surface area contributed by atoms with Crippen LogP contribution < -0.4 is 10.6 Å². The van der Waals surface area contributed by atoms with Crippen molar-refractivity contribution in [2.75, 3.05) is 5.32 Å². The number of benzene rings is 3. The zero-order chi connectivity index (χ0) is 29.7. The van der Waals surface area contributed by atoms with Crippen LogP contribution in [0.25, 0.3) is 16.8 Å². The molecule has 216 valence electrons. The first-order chi connectivity index (χ1) is 19.5. The van der Waals surface area contributed by atoms with Crippen LogP contribution in [-0.2, 0) is 14.3 Å². The van der Waals surface area contributed by atoms with E-state index in [4.69, 9.17) is 4.74 Å². The highest BCUT2D eigenvalue weighted by Gasteiger charge is 2.42. The summed E-state index contributed by atoms with van der Waals surface area (Å²) in [7, 11) is 0. The molecule has 2 atom stereocenters. The lowest BCUT2D eigenvalue weighted by molar-refractivity contribution is -0.146. The molecule has 1 aliphatic rings. The molecule has 0 bridgehead atoms. The zero-order valence-electron chi connectivity index (χ0n) is 24.6. The Hall–Kier alpha value is -4.13. The van der Waals surface area contributed by atoms with Crippen LogP contribution in [0.15, 0.2) is 73.3 Å². The van der Waals surface area contributed by atoms with Gasteiger partial charge in [0.15, 0.2) is 0 Å². The minimum Gasteiger partial charge on any atom is -0.444 e. The number of ether oxygens (including phenoxy) is 1. The van der Waals surface area contributed by atoms with E-state index in [2.05, 4.69) is 17.2 Å². The van der Waals surface area contributed by atoms with Crippen molar-refractivity contribution in [3.63, 3.8) is 0 Å². The molecule has 7 heteroatoms. The predicted molar refractivity (Wildman–Crippen MR) is 164 cm³/mol. The van der Waals surface area contributed by atoms with Gasteiger partial charge >= 0.3 is 6.09 Å². The van der Waals surface area contributed by atoms with Crippen LogP contribution in [0.1, 0.15) is 71.0 Å². The van der Waals surface area contributed by atoms with Crippen molar-refractivity contribution in [1.82, 2.24) is 10.2 Å². The smallest absolute Gasteiger partial charge is 0.408 e. The van der Waals surface area contributed by atoms with Crippen LogP contribution in [0.3, 0.4) is 0 Å². The van der Waals surface area contributed by atoms with Crippen molar-refractivity contribution >= 4 is 40.4 Å². The maximum absolute atomic E-state index is 14.4. The molecule has 0 spiro atoms. The lowest BCUT2D eigenvalue weighted by Gasteiger charge is -2.44. The van der Waals surface area contributed by atoms with Gasteiger partial charge in [-0.15, -0.1) is 0 Å². The number of anilines is 1. The third kappa shape index (κ3) is 7.34. The van der Waals surface area contributed by atoms with E-state index < -0.39 is 23.8 Å². The van der Waals surface area contributed by atoms with Crippen molar-refractivity contribution in [3.8, 4) is 0 Å². The second-order valence-corrected chi connectivity index (χ2v) is 12.0. The first-order valence-electron chi connectivity index (χ1n) is 14.3. The molecule has 0 aromatic heterocycles. The Kier molecular flexibility index (Phi) is 9.16. The van der Waals surface area contributed by atoms with Gasteiger partial charge in [-0.1, -0.05) is 75.0 Å². The Balaban J connectivity index is 1.73. The summed E-state index contributed by atoms with van der Waals surface area (Å²) >= 11 is 0. The van der Waals surface area contributed by atoms with Crippen molar-refractivity contribution in [2.45, 2.75) is 77.6 Å². The zero-order valence-corrected chi connectivity index (χ0v) is 24.6. The molecule has 0 saturated heterocycles. The van der Waals surface area contributed by atoms with Gasteiger partial charge in [0.25, 0.3) is 5.91 Å². The van der Waals surface area contributed by atoms with Crippen molar-refractivity contribution in [1.29, 1.82) is 0 Å². The van der Waals surface area contributed by atoms with E-state index in [1.54, 1.807) is 31.7 Å². The Bertz CT molecular complexity index is 1420. The van der Waals surface area contributed by atoms with Crippen LogP contribution >= 0.6 is 0 Å². The number of alkyl carbamates (subject to hydrolysis) is 1. The quantitative estimate of drug-likeness (QED) is 0.295. The van der Waals surface area contributed by atoms with Gasteiger partial charge in [0.05, 0.1) is 0 Å². The number of nitrogens with zero attached hydrogens (tertiary/aromatic N) is 1. The number of amides is 3. The molecule has 3 aromatic rings. The van der Waals surface area contributed by atoms with Gasteiger partial charge in [-0.05, 0) is 86.1 Å². The predicted octanol–water partition coefficient (Wildman–Crippen LogP) is 7.09. The van der Waals surface area contributed by atoms with E-state index in [9.17, 15) is 14.4 Å². The second-order valence-electron chi connectivity index (χ2n) is 12.0. The lowest BCUT2D eigenvalue weighted by atomic mass is 9.87. The Morgan fingerprint density at radius 1 is 0.976 bits per heavy atom. The molecular formula is C34H41N3O4. The Morgan fingerprint density at radius 3 is 2.29 bits per heavy atom. The number of hydrogen-bond donors (Lipinski definition) is 2. The third-order valence-electron chi connectivity index (χ3n) is 7.33. The summed E-state index contributed by atoms with van der Waals surface area (Å²) in [5, 5.41) is 7.94. The van der Waals surface area contributed by atoms with Crippen LogP contribution in [0.2, 0.25) is 0 Å². The Morgan fingerprint density at radius 2 is 1.68 bits per heavy atom. The van der Waals surface area contributed by atoms with Gasteiger partial charge in [-0.25, -0.2) is 4.79 Å². The minimum absolute atomic E-state index is 0.135. The first-order valence-corrected chi connectivity index (χ1v) is 14.3. The van der Waals surface area contributed by atoms with E-state index >= 15 is 0 Å². The average molecular weight is 556 g/mol. The monoisotopic (exact) mass is 555 g/mol. The van der Waals surface area contributed by atoms with Crippen molar-refractivity contribution < 1.29 is 19.1 Å². The summed E-state index contributed by atoms with van der Waals surface area (Å²) in [5.74, 6) is -0.860. The molecule has 41 heavy (non-hydrogen) atoms. The molecule has 1 saturated carbocycles. The summed E-state index contributed by atoms with van der Waals surface area (Å²) < 4.78 is 5.47. The molecule has 0 aliphatic heterocycles. The molecular weight excluding hydrogens is 514 g/mol. The molecule has 4 rings (SSSR count). The molecule has 7 nitrogen and oxygen atoms in total. The fourth-order valence-electron chi connectivity index (χ4n) is 5.06. The number of carbonyl (C=O) groups excluding carboxylic acids is 3. The minimum atomic E-state index is -0.916. The highest BCUT2D eigenvalue weighted by atomic mass is 16.6. The fourth-order valence-corrected chi connectivity index (χ4v) is 5.06. The molecule has 3 amide bonds. The molecule has 1 fully saturated rings. The van der Waals surface area contributed by atoms with Crippen LogP contribution in [0.4, 0.5) is 10.5 Å². The van der Waals surface area contributed by atoms with Crippen LogP contribution in [0.5, 0.6) is 0 Å². The largest absolute Gasteiger partial charge is 0.444 e. The van der Waals surface area contributed by atoms with Gasteiger partial charge in [-0.2, -0.15) is 0 Å². The number of fused-ring (bicyclic) bond motifs is 1. The van der Waals surface area contributed by atoms with Gasteiger partial charge in [0.2, 0.25) is 5.91 Å². The fraction of sp³-hybridized carbons (Fsp3) is 0.382. The molecule has 0 heterocycles. The van der Waals surface area contributed by atoms with Gasteiger partial charge in [-0.3, -0.25) is 9.59 Å². The number of nitrogens with one attached hydrogen (secondary N) is 2. The van der Waals surface area contributed by atoms with E-state index in [-0.39, 0.29) is 23.8 Å².